The third-order valence-electron chi connectivity index (χ3n) is 4.97. The number of carbonyl (C=O) groups is 2. The van der Waals surface area contributed by atoms with Crippen LogP contribution < -0.4 is 10.0 Å². The first kappa shape index (κ1) is 23.1. The minimum atomic E-state index is -3.52. The van der Waals surface area contributed by atoms with Crippen molar-refractivity contribution in [2.24, 2.45) is 0 Å². The van der Waals surface area contributed by atoms with E-state index in [1.807, 2.05) is 24.1 Å². The van der Waals surface area contributed by atoms with Crippen LogP contribution >= 0.6 is 11.6 Å². The predicted molar refractivity (Wildman–Crippen MR) is 121 cm³/mol. The second-order valence-corrected chi connectivity index (χ2v) is 9.70. The summed E-state index contributed by atoms with van der Waals surface area (Å²) in [7, 11) is -1.48. The highest BCUT2D eigenvalue weighted by Crippen LogP contribution is 2.24. The molecule has 0 spiro atoms. The zero-order valence-electron chi connectivity index (χ0n) is 17.4. The van der Waals surface area contributed by atoms with Crippen LogP contribution in [0.5, 0.6) is 0 Å². The van der Waals surface area contributed by atoms with Crippen molar-refractivity contribution in [1.29, 1.82) is 0 Å². The molecule has 1 heterocycles. The summed E-state index contributed by atoms with van der Waals surface area (Å²) in [6, 6.07) is 11.5. The van der Waals surface area contributed by atoms with Gasteiger partial charge in [0.15, 0.2) is 0 Å². The third-order valence-corrected chi connectivity index (χ3v) is 5.89. The Labute approximate surface area is 187 Å². The molecule has 0 radical (unpaired) electrons. The lowest BCUT2D eigenvalue weighted by molar-refractivity contribution is 0.0664. The summed E-state index contributed by atoms with van der Waals surface area (Å²) in [6.07, 6.45) is 1.01. The van der Waals surface area contributed by atoms with Gasteiger partial charge in [0, 0.05) is 43.9 Å². The Hall–Kier alpha value is -2.62. The average molecular weight is 465 g/mol. The molecule has 0 atom stereocenters. The van der Waals surface area contributed by atoms with Gasteiger partial charge in [-0.25, -0.2) is 8.42 Å². The number of sulfonamides is 1. The third kappa shape index (κ3) is 6.43. The van der Waals surface area contributed by atoms with Crippen molar-refractivity contribution in [3.05, 3.63) is 64.2 Å². The summed E-state index contributed by atoms with van der Waals surface area (Å²) < 4.78 is 25.2. The van der Waals surface area contributed by atoms with Gasteiger partial charge < -0.3 is 15.1 Å². The van der Waals surface area contributed by atoms with Crippen LogP contribution in [0.3, 0.4) is 0 Å². The Morgan fingerprint density at radius 2 is 1.61 bits per heavy atom. The van der Waals surface area contributed by atoms with Gasteiger partial charge in [-0.05, 0) is 42.9 Å². The van der Waals surface area contributed by atoms with Crippen LogP contribution in [0, 0.1) is 0 Å². The standard InChI is InChI=1S/C21H25ClN4O4S/c1-25-9-11-26(12-10-25)21(28)16-5-3-15(4-6-16)14-23-20(27)17-7-8-18(22)19(13-17)24-31(2,29)30/h3-8,13,24H,9-12,14H2,1-2H3,(H,23,27). The van der Waals surface area contributed by atoms with Crippen molar-refractivity contribution in [3.63, 3.8) is 0 Å². The van der Waals surface area contributed by atoms with E-state index in [2.05, 4.69) is 14.9 Å². The number of nitrogens with one attached hydrogen (secondary N) is 2. The second kappa shape index (κ2) is 9.67. The Kier molecular flexibility index (Phi) is 7.19. The van der Waals surface area contributed by atoms with E-state index in [0.29, 0.717) is 18.7 Å². The fourth-order valence-corrected chi connectivity index (χ4v) is 3.98. The monoisotopic (exact) mass is 464 g/mol. The Bertz CT molecular complexity index is 1070. The lowest BCUT2D eigenvalue weighted by atomic mass is 10.1. The first-order valence-electron chi connectivity index (χ1n) is 9.75. The van der Waals surface area contributed by atoms with Crippen LogP contribution in [0.25, 0.3) is 0 Å². The molecule has 2 amide bonds. The van der Waals surface area contributed by atoms with Crippen LogP contribution in [-0.2, 0) is 16.6 Å². The number of hydrogen-bond acceptors (Lipinski definition) is 5. The quantitative estimate of drug-likeness (QED) is 0.681. The maximum Gasteiger partial charge on any atom is 0.253 e. The molecule has 0 aliphatic carbocycles. The van der Waals surface area contributed by atoms with Gasteiger partial charge in [0.05, 0.1) is 17.0 Å². The van der Waals surface area contributed by atoms with Gasteiger partial charge in [-0.3, -0.25) is 14.3 Å². The van der Waals surface area contributed by atoms with Gasteiger partial charge in [0.2, 0.25) is 10.0 Å². The van der Waals surface area contributed by atoms with E-state index >= 15 is 0 Å². The number of benzene rings is 2. The van der Waals surface area contributed by atoms with Crippen LogP contribution in [0.2, 0.25) is 5.02 Å². The first-order chi connectivity index (χ1) is 14.6. The van der Waals surface area contributed by atoms with Crippen LogP contribution in [0.1, 0.15) is 26.3 Å². The largest absolute Gasteiger partial charge is 0.348 e. The van der Waals surface area contributed by atoms with Gasteiger partial charge in [-0.2, -0.15) is 0 Å². The minimum absolute atomic E-state index is 0.00996. The number of amides is 2. The number of anilines is 1. The number of likely N-dealkylation sites (N-methyl/N-ethyl adjacent to an activating group) is 1. The van der Waals surface area contributed by atoms with Crippen molar-refractivity contribution in [2.45, 2.75) is 6.54 Å². The van der Waals surface area contributed by atoms with E-state index in [4.69, 9.17) is 11.6 Å². The Morgan fingerprint density at radius 1 is 1.00 bits per heavy atom. The molecule has 1 aliphatic heterocycles. The van der Waals surface area contributed by atoms with Gasteiger partial charge in [-0.15, -0.1) is 0 Å². The zero-order chi connectivity index (χ0) is 22.6. The van der Waals surface area contributed by atoms with Crippen molar-refractivity contribution in [3.8, 4) is 0 Å². The fourth-order valence-electron chi connectivity index (χ4n) is 3.19. The molecule has 3 rings (SSSR count). The van der Waals surface area contributed by atoms with Crippen molar-refractivity contribution in [2.75, 3.05) is 44.2 Å². The topological polar surface area (TPSA) is 98.8 Å². The summed E-state index contributed by atoms with van der Waals surface area (Å²) in [4.78, 5) is 29.1. The zero-order valence-corrected chi connectivity index (χ0v) is 19.0. The van der Waals surface area contributed by atoms with Crippen LogP contribution in [-0.4, -0.2) is 69.5 Å². The van der Waals surface area contributed by atoms with E-state index in [9.17, 15) is 18.0 Å². The summed E-state index contributed by atoms with van der Waals surface area (Å²) >= 11 is 5.99. The highest BCUT2D eigenvalue weighted by Gasteiger charge is 2.20. The number of piperazine rings is 1. The molecule has 0 bridgehead atoms. The summed E-state index contributed by atoms with van der Waals surface area (Å²) in [6.45, 7) is 3.41. The maximum absolute atomic E-state index is 12.6. The average Bonchev–Trinajstić information content (AvgIpc) is 2.73. The molecule has 8 nitrogen and oxygen atoms in total. The molecule has 0 unspecified atom stereocenters. The summed E-state index contributed by atoms with van der Waals surface area (Å²) in [5.41, 5.74) is 1.88. The van der Waals surface area contributed by atoms with Gasteiger partial charge in [0.1, 0.15) is 0 Å². The molecule has 2 aromatic rings. The second-order valence-electron chi connectivity index (χ2n) is 7.54. The van der Waals surface area contributed by atoms with Crippen molar-refractivity contribution < 1.29 is 18.0 Å². The van der Waals surface area contributed by atoms with Gasteiger partial charge >= 0.3 is 0 Å². The molecule has 0 aromatic heterocycles. The molecule has 2 N–H and O–H groups in total. The first-order valence-corrected chi connectivity index (χ1v) is 12.0. The van der Waals surface area contributed by atoms with E-state index in [0.717, 1.165) is 24.9 Å². The van der Waals surface area contributed by atoms with Crippen molar-refractivity contribution >= 4 is 39.1 Å². The van der Waals surface area contributed by atoms with Crippen molar-refractivity contribution in [1.82, 2.24) is 15.1 Å². The number of hydrogen-bond donors (Lipinski definition) is 2. The minimum Gasteiger partial charge on any atom is -0.348 e. The highest BCUT2D eigenvalue weighted by atomic mass is 35.5. The Balaban J connectivity index is 1.59. The molecule has 31 heavy (non-hydrogen) atoms. The summed E-state index contributed by atoms with van der Waals surface area (Å²) in [5.74, 6) is -0.360. The molecule has 1 fully saturated rings. The maximum atomic E-state index is 12.6. The summed E-state index contributed by atoms with van der Waals surface area (Å²) in [5, 5.41) is 2.98. The number of halogens is 1. The predicted octanol–water partition coefficient (Wildman–Crippen LogP) is 2.03. The van der Waals surface area contributed by atoms with Gasteiger partial charge in [0.25, 0.3) is 11.8 Å². The molecule has 10 heteroatoms. The molecule has 0 saturated carbocycles. The van der Waals surface area contributed by atoms with E-state index in [-0.39, 0.29) is 34.6 Å². The fraction of sp³-hybridized carbons (Fsp3) is 0.333. The molecular formula is C21H25ClN4O4S. The van der Waals surface area contributed by atoms with Crippen LogP contribution in [0.15, 0.2) is 42.5 Å². The van der Waals surface area contributed by atoms with E-state index in [1.165, 1.54) is 18.2 Å². The molecule has 1 aliphatic rings. The lowest BCUT2D eigenvalue weighted by Gasteiger charge is -2.32. The van der Waals surface area contributed by atoms with Gasteiger partial charge in [-0.1, -0.05) is 23.7 Å². The number of rotatable bonds is 6. The van der Waals surface area contributed by atoms with E-state index < -0.39 is 10.0 Å². The highest BCUT2D eigenvalue weighted by molar-refractivity contribution is 7.92. The Morgan fingerprint density at radius 3 is 2.23 bits per heavy atom. The molecule has 166 valence electrons. The number of nitrogens with zero attached hydrogens (tertiary/aromatic N) is 2. The molecule has 2 aromatic carbocycles. The number of carbonyl (C=O) groups excluding carboxylic acids is 2. The molecular weight excluding hydrogens is 440 g/mol. The normalized spacial score (nSPS) is 14.9. The van der Waals surface area contributed by atoms with E-state index in [1.54, 1.807) is 12.1 Å². The molecule has 1 saturated heterocycles. The lowest BCUT2D eigenvalue weighted by Crippen LogP contribution is -2.47. The smallest absolute Gasteiger partial charge is 0.253 e. The van der Waals surface area contributed by atoms with Crippen LogP contribution in [0.4, 0.5) is 5.69 Å². The SMILES string of the molecule is CN1CCN(C(=O)c2ccc(CNC(=O)c3ccc(Cl)c(NS(C)(=O)=O)c3)cc2)CC1.